The van der Waals surface area contributed by atoms with E-state index in [1.54, 1.807) is 6.20 Å². The number of pyridine rings is 1. The minimum atomic E-state index is -0.0345. The lowest BCUT2D eigenvalue weighted by Gasteiger charge is -2.35. The van der Waals surface area contributed by atoms with Crippen molar-refractivity contribution in [1.29, 1.82) is 0 Å². The summed E-state index contributed by atoms with van der Waals surface area (Å²) in [6, 6.07) is 23.3. The van der Waals surface area contributed by atoms with E-state index in [1.165, 1.54) is 16.7 Å². The average Bonchev–Trinajstić information content (AvgIpc) is 2.74. The Hall–Kier alpha value is -2.61. The molecule has 0 aliphatic carbocycles. The molecule has 148 valence electrons. The third kappa shape index (κ3) is 5.01. The fourth-order valence-electron chi connectivity index (χ4n) is 3.27. The average molecular weight is 376 g/mol. The monoisotopic (exact) mass is 375 g/mol. The first-order valence-electron chi connectivity index (χ1n) is 10.2. The third-order valence-electron chi connectivity index (χ3n) is 5.37. The molecule has 0 bridgehead atoms. The van der Waals surface area contributed by atoms with Gasteiger partial charge in [0.25, 0.3) is 0 Å². The molecule has 1 atom stereocenters. The number of benzene rings is 2. The third-order valence-corrected chi connectivity index (χ3v) is 5.37. The smallest absolute Gasteiger partial charge is 0.130 e. The minimum Gasteiger partial charge on any atom is -0.487 e. The van der Waals surface area contributed by atoms with Gasteiger partial charge in [-0.1, -0.05) is 82.6 Å². The van der Waals surface area contributed by atoms with E-state index in [0.29, 0.717) is 12.5 Å². The van der Waals surface area contributed by atoms with Crippen LogP contribution in [0.3, 0.4) is 0 Å². The number of aromatic nitrogens is 1. The topological polar surface area (TPSA) is 22.1 Å². The van der Waals surface area contributed by atoms with Crippen molar-refractivity contribution in [2.75, 3.05) is 0 Å². The van der Waals surface area contributed by atoms with Gasteiger partial charge in [-0.25, -0.2) is 0 Å². The second kappa shape index (κ2) is 10.1. The molecule has 0 aliphatic rings. The van der Waals surface area contributed by atoms with Crippen LogP contribution in [0.2, 0.25) is 0 Å². The highest BCUT2D eigenvalue weighted by Gasteiger charge is 2.32. The molecule has 0 saturated heterocycles. The van der Waals surface area contributed by atoms with Crippen molar-refractivity contribution in [2.45, 2.75) is 53.6 Å². The first-order valence-corrected chi connectivity index (χ1v) is 10.2. The highest BCUT2D eigenvalue weighted by atomic mass is 16.5. The zero-order valence-electron chi connectivity index (χ0n) is 18.1. The van der Waals surface area contributed by atoms with Crippen molar-refractivity contribution in [3.63, 3.8) is 0 Å². The van der Waals surface area contributed by atoms with Gasteiger partial charge in [0, 0.05) is 11.6 Å². The molecule has 3 aromatic rings. The summed E-state index contributed by atoms with van der Waals surface area (Å²) in [6.07, 6.45) is 1.79. The molecule has 2 nitrogen and oxygen atoms in total. The molecule has 1 unspecified atom stereocenters. The van der Waals surface area contributed by atoms with E-state index in [9.17, 15) is 0 Å². The summed E-state index contributed by atoms with van der Waals surface area (Å²) < 4.78 is 5.88. The lowest BCUT2D eigenvalue weighted by Crippen LogP contribution is -2.30. The van der Waals surface area contributed by atoms with Crippen LogP contribution >= 0.6 is 0 Å². The summed E-state index contributed by atoms with van der Waals surface area (Å²) in [5.74, 6) is 1.35. The van der Waals surface area contributed by atoms with Gasteiger partial charge in [0.15, 0.2) is 0 Å². The van der Waals surface area contributed by atoms with Gasteiger partial charge in [-0.3, -0.25) is 4.98 Å². The van der Waals surface area contributed by atoms with Crippen LogP contribution in [-0.2, 0) is 12.0 Å². The maximum absolute atomic E-state index is 5.88. The normalized spacial score (nSPS) is 12.7. The van der Waals surface area contributed by atoms with Gasteiger partial charge < -0.3 is 4.74 Å². The molecule has 0 aliphatic heterocycles. The number of rotatable bonds is 6. The van der Waals surface area contributed by atoms with E-state index in [-0.39, 0.29) is 5.41 Å². The minimum absolute atomic E-state index is 0.0345. The van der Waals surface area contributed by atoms with Crippen LogP contribution in [0, 0.1) is 12.8 Å². The van der Waals surface area contributed by atoms with Crippen LogP contribution in [0.4, 0.5) is 0 Å². The summed E-state index contributed by atoms with van der Waals surface area (Å²) in [5.41, 5.74) is 4.84. The van der Waals surface area contributed by atoms with E-state index >= 15 is 0 Å². The first-order chi connectivity index (χ1) is 13.5. The zero-order chi connectivity index (χ0) is 20.6. The van der Waals surface area contributed by atoms with Gasteiger partial charge in [-0.15, -0.1) is 0 Å². The fourth-order valence-corrected chi connectivity index (χ4v) is 3.27. The quantitative estimate of drug-likeness (QED) is 0.465. The van der Waals surface area contributed by atoms with E-state index in [2.05, 4.69) is 81.2 Å². The van der Waals surface area contributed by atoms with Crippen LogP contribution in [0.1, 0.15) is 57.0 Å². The molecule has 0 N–H and O–H groups in total. The predicted octanol–water partition coefficient (Wildman–Crippen LogP) is 6.96. The maximum atomic E-state index is 5.88. The molecular formula is C26H33NO. The summed E-state index contributed by atoms with van der Waals surface area (Å²) in [6.45, 7) is 13.5. The molecule has 0 saturated carbocycles. The second-order valence-electron chi connectivity index (χ2n) is 7.36. The number of ether oxygens (including phenoxy) is 1. The van der Waals surface area contributed by atoms with E-state index in [0.717, 1.165) is 11.4 Å². The number of nitrogens with zero attached hydrogens (tertiary/aromatic N) is 1. The number of hydrogen-bond donors (Lipinski definition) is 0. The summed E-state index contributed by atoms with van der Waals surface area (Å²) in [5, 5.41) is 0. The Balaban J connectivity index is 0.00000136. The molecule has 0 fully saturated rings. The number of aryl methyl sites for hydroxylation is 1. The lowest BCUT2D eigenvalue weighted by molar-refractivity contribution is 0.301. The molecule has 0 amide bonds. The molecular weight excluding hydrogens is 342 g/mol. The second-order valence-corrected chi connectivity index (χ2v) is 7.36. The van der Waals surface area contributed by atoms with E-state index < -0.39 is 0 Å². The molecule has 1 aromatic heterocycles. The first kappa shape index (κ1) is 21.7. The summed E-state index contributed by atoms with van der Waals surface area (Å²) in [4.78, 5) is 4.30. The molecule has 2 heteroatoms. The van der Waals surface area contributed by atoms with Crippen molar-refractivity contribution in [2.24, 2.45) is 5.92 Å². The number of hydrogen-bond acceptors (Lipinski definition) is 2. The highest BCUT2D eigenvalue weighted by Crippen LogP contribution is 2.39. The van der Waals surface area contributed by atoms with Gasteiger partial charge in [0.05, 0.1) is 5.69 Å². The highest BCUT2D eigenvalue weighted by molar-refractivity contribution is 5.42. The van der Waals surface area contributed by atoms with Gasteiger partial charge in [0.2, 0.25) is 0 Å². The predicted molar refractivity (Wildman–Crippen MR) is 119 cm³/mol. The Morgan fingerprint density at radius 1 is 0.857 bits per heavy atom. The molecule has 28 heavy (non-hydrogen) atoms. The Kier molecular flexibility index (Phi) is 7.80. The maximum Gasteiger partial charge on any atom is 0.130 e. The summed E-state index contributed by atoms with van der Waals surface area (Å²) in [7, 11) is 0. The van der Waals surface area contributed by atoms with Crippen LogP contribution in [0.25, 0.3) is 0 Å². The molecule has 0 spiro atoms. The van der Waals surface area contributed by atoms with Crippen LogP contribution in [0.5, 0.6) is 5.75 Å². The van der Waals surface area contributed by atoms with Crippen molar-refractivity contribution in [3.05, 3.63) is 95.3 Å². The van der Waals surface area contributed by atoms with Gasteiger partial charge >= 0.3 is 0 Å². The Bertz CT molecular complexity index is 823. The van der Waals surface area contributed by atoms with Crippen LogP contribution < -0.4 is 4.74 Å². The zero-order valence-corrected chi connectivity index (χ0v) is 18.1. The molecule has 0 radical (unpaired) electrons. The lowest BCUT2D eigenvalue weighted by atomic mass is 9.68. The Morgan fingerprint density at radius 2 is 1.43 bits per heavy atom. The fraction of sp³-hybridized carbons (Fsp3) is 0.346. The van der Waals surface area contributed by atoms with E-state index in [4.69, 9.17) is 4.74 Å². The van der Waals surface area contributed by atoms with Gasteiger partial charge in [0.1, 0.15) is 12.4 Å². The summed E-state index contributed by atoms with van der Waals surface area (Å²) >= 11 is 0. The Morgan fingerprint density at radius 3 is 1.93 bits per heavy atom. The van der Waals surface area contributed by atoms with Crippen molar-refractivity contribution < 1.29 is 4.74 Å². The van der Waals surface area contributed by atoms with Crippen molar-refractivity contribution >= 4 is 0 Å². The molecule has 2 aromatic carbocycles. The van der Waals surface area contributed by atoms with Crippen LogP contribution in [0.15, 0.2) is 72.9 Å². The van der Waals surface area contributed by atoms with Crippen molar-refractivity contribution in [1.82, 2.24) is 4.98 Å². The standard InChI is InChI=1S/C24H27NO.C2H6/c1-18(2)24(4,20-10-8-19(3)9-11-20)21-12-14-23(15-13-21)26-17-22-7-5-6-16-25-22;1-2/h5-16,18H,17H2,1-4H3;1-2H3. The SMILES string of the molecule is CC.Cc1ccc(C(C)(c2ccc(OCc3ccccn3)cc2)C(C)C)cc1. The van der Waals surface area contributed by atoms with E-state index in [1.807, 2.05) is 32.0 Å². The largest absolute Gasteiger partial charge is 0.487 e. The van der Waals surface area contributed by atoms with Gasteiger partial charge in [-0.05, 0) is 48.2 Å². The van der Waals surface area contributed by atoms with Gasteiger partial charge in [-0.2, -0.15) is 0 Å². The Labute approximate surface area is 170 Å². The van der Waals surface area contributed by atoms with Crippen LogP contribution in [-0.4, -0.2) is 4.98 Å². The van der Waals surface area contributed by atoms with Crippen molar-refractivity contribution in [3.8, 4) is 5.75 Å². The molecule has 3 rings (SSSR count). The molecule has 1 heterocycles.